The molecule has 1 fully saturated rings. The Morgan fingerprint density at radius 3 is 2.29 bits per heavy atom. The average molecular weight is 242 g/mol. The van der Waals surface area contributed by atoms with Crippen molar-refractivity contribution in [2.24, 2.45) is 5.92 Å². The summed E-state index contributed by atoms with van der Waals surface area (Å²) in [6.45, 7) is 12.5. The van der Waals surface area contributed by atoms with Crippen LogP contribution in [0.4, 0.5) is 0 Å². The first-order chi connectivity index (χ1) is 7.93. The van der Waals surface area contributed by atoms with Gasteiger partial charge in [-0.1, -0.05) is 20.3 Å². The molecule has 2 unspecified atom stereocenters. The number of hydrogen-bond acceptors (Lipinski definition) is 3. The summed E-state index contributed by atoms with van der Waals surface area (Å²) in [6, 6.07) is 0.582. The van der Waals surface area contributed by atoms with Gasteiger partial charge in [0.15, 0.2) is 0 Å². The van der Waals surface area contributed by atoms with E-state index in [1.165, 1.54) is 32.4 Å². The summed E-state index contributed by atoms with van der Waals surface area (Å²) in [5.41, 5.74) is -0.596. The topological polar surface area (TPSA) is 35.5 Å². The number of hydrogen-bond donors (Lipinski definition) is 2. The third kappa shape index (κ3) is 4.94. The molecule has 0 aromatic rings. The second kappa shape index (κ2) is 6.72. The maximum Gasteiger partial charge on any atom is 0.0766 e. The van der Waals surface area contributed by atoms with E-state index < -0.39 is 5.60 Å². The van der Waals surface area contributed by atoms with Crippen molar-refractivity contribution in [1.82, 2.24) is 10.2 Å². The van der Waals surface area contributed by atoms with Crippen LogP contribution < -0.4 is 5.32 Å². The van der Waals surface area contributed by atoms with Gasteiger partial charge in [-0.25, -0.2) is 0 Å². The number of piperidine rings is 1. The summed E-state index contributed by atoms with van der Waals surface area (Å²) in [6.07, 6.45) is 4.07. The van der Waals surface area contributed by atoms with Crippen molar-refractivity contribution in [2.45, 2.75) is 58.6 Å². The van der Waals surface area contributed by atoms with Crippen LogP contribution in [0.3, 0.4) is 0 Å². The van der Waals surface area contributed by atoms with E-state index in [0.717, 1.165) is 6.54 Å². The third-order valence-electron chi connectivity index (χ3n) is 4.18. The molecule has 1 aliphatic heterocycles. The third-order valence-corrected chi connectivity index (χ3v) is 4.18. The van der Waals surface area contributed by atoms with Crippen LogP contribution in [-0.4, -0.2) is 47.8 Å². The van der Waals surface area contributed by atoms with Crippen LogP contribution in [0.2, 0.25) is 0 Å². The van der Waals surface area contributed by atoms with E-state index in [-0.39, 0.29) is 0 Å². The van der Waals surface area contributed by atoms with Gasteiger partial charge in [-0.3, -0.25) is 4.90 Å². The fourth-order valence-corrected chi connectivity index (χ4v) is 2.23. The monoisotopic (exact) mass is 242 g/mol. The Kier molecular flexibility index (Phi) is 5.90. The van der Waals surface area contributed by atoms with Gasteiger partial charge in [-0.15, -0.1) is 0 Å². The first-order valence-corrected chi connectivity index (χ1v) is 7.10. The molecular weight excluding hydrogens is 212 g/mol. The maximum absolute atomic E-state index is 10.1. The molecule has 1 heterocycles. The molecule has 3 nitrogen and oxygen atoms in total. The number of nitrogens with one attached hydrogen (secondary N) is 1. The van der Waals surface area contributed by atoms with E-state index in [1.807, 2.05) is 6.92 Å². The van der Waals surface area contributed by atoms with E-state index in [9.17, 15) is 5.11 Å². The number of rotatable bonds is 6. The van der Waals surface area contributed by atoms with Gasteiger partial charge in [0.2, 0.25) is 0 Å². The molecule has 0 saturated carbocycles. The summed E-state index contributed by atoms with van der Waals surface area (Å²) in [5, 5.41) is 13.6. The second-order valence-corrected chi connectivity index (χ2v) is 6.09. The van der Waals surface area contributed by atoms with Gasteiger partial charge in [0, 0.05) is 19.1 Å². The van der Waals surface area contributed by atoms with Gasteiger partial charge in [0.05, 0.1) is 5.60 Å². The Labute approximate surface area is 107 Å². The smallest absolute Gasteiger partial charge is 0.0766 e. The molecule has 0 radical (unpaired) electrons. The highest BCUT2D eigenvalue weighted by Crippen LogP contribution is 2.15. The van der Waals surface area contributed by atoms with Crippen LogP contribution >= 0.6 is 0 Å². The Hall–Kier alpha value is -0.120. The van der Waals surface area contributed by atoms with Crippen molar-refractivity contribution in [1.29, 1.82) is 0 Å². The van der Waals surface area contributed by atoms with Gasteiger partial charge in [0.1, 0.15) is 0 Å². The summed E-state index contributed by atoms with van der Waals surface area (Å²) in [5.74, 6) is 0.292. The predicted octanol–water partition coefficient (Wildman–Crippen LogP) is 1.86. The minimum absolute atomic E-state index is 0.292. The Morgan fingerprint density at radius 2 is 1.76 bits per heavy atom. The second-order valence-electron chi connectivity index (χ2n) is 6.09. The van der Waals surface area contributed by atoms with E-state index in [2.05, 4.69) is 31.0 Å². The van der Waals surface area contributed by atoms with Gasteiger partial charge in [-0.05, 0) is 45.7 Å². The van der Waals surface area contributed by atoms with Crippen molar-refractivity contribution in [3.05, 3.63) is 0 Å². The summed E-state index contributed by atoms with van der Waals surface area (Å²) >= 11 is 0. The molecule has 102 valence electrons. The van der Waals surface area contributed by atoms with Crippen molar-refractivity contribution in [2.75, 3.05) is 26.2 Å². The van der Waals surface area contributed by atoms with Crippen molar-refractivity contribution >= 4 is 0 Å². The molecule has 3 heteroatoms. The lowest BCUT2D eigenvalue weighted by Crippen LogP contribution is -2.48. The predicted molar refractivity (Wildman–Crippen MR) is 73.2 cm³/mol. The Bertz CT molecular complexity index is 210. The fraction of sp³-hybridized carbons (Fsp3) is 1.00. The van der Waals surface area contributed by atoms with Crippen molar-refractivity contribution in [3.63, 3.8) is 0 Å². The number of likely N-dealkylation sites (tertiary alicyclic amines) is 1. The lowest BCUT2D eigenvalue weighted by atomic mass is 9.92. The Morgan fingerprint density at radius 1 is 1.18 bits per heavy atom. The molecule has 0 bridgehead atoms. The summed E-state index contributed by atoms with van der Waals surface area (Å²) in [4.78, 5) is 2.56. The minimum Gasteiger partial charge on any atom is -0.389 e. The van der Waals surface area contributed by atoms with E-state index in [4.69, 9.17) is 0 Å². The molecule has 17 heavy (non-hydrogen) atoms. The largest absolute Gasteiger partial charge is 0.389 e. The maximum atomic E-state index is 10.1. The normalized spacial score (nSPS) is 23.6. The lowest BCUT2D eigenvalue weighted by Gasteiger charge is -2.34. The molecule has 0 aliphatic carbocycles. The number of aliphatic hydroxyl groups is 1. The molecule has 2 N–H and O–H groups in total. The highest BCUT2D eigenvalue weighted by molar-refractivity contribution is 4.80. The first kappa shape index (κ1) is 14.9. The molecule has 0 amide bonds. The van der Waals surface area contributed by atoms with Crippen molar-refractivity contribution < 1.29 is 5.11 Å². The molecular formula is C14H30N2O. The fourth-order valence-electron chi connectivity index (χ4n) is 2.23. The highest BCUT2D eigenvalue weighted by Gasteiger charge is 2.25. The van der Waals surface area contributed by atoms with Crippen LogP contribution in [0.5, 0.6) is 0 Å². The summed E-state index contributed by atoms with van der Waals surface area (Å²) < 4.78 is 0. The van der Waals surface area contributed by atoms with Gasteiger partial charge < -0.3 is 10.4 Å². The molecule has 1 aliphatic rings. The highest BCUT2D eigenvalue weighted by atomic mass is 16.3. The zero-order valence-corrected chi connectivity index (χ0v) is 12.0. The zero-order valence-electron chi connectivity index (χ0n) is 12.0. The summed E-state index contributed by atoms with van der Waals surface area (Å²) in [7, 11) is 0. The standard InChI is InChI=1S/C14H30N2O/c1-12(2)14(4,17)11-15-10-13(3)16-8-6-5-7-9-16/h12-13,15,17H,5-11H2,1-4H3. The minimum atomic E-state index is -0.596. The van der Waals surface area contributed by atoms with Gasteiger partial charge in [-0.2, -0.15) is 0 Å². The van der Waals surface area contributed by atoms with E-state index >= 15 is 0 Å². The lowest BCUT2D eigenvalue weighted by molar-refractivity contribution is 0.0127. The van der Waals surface area contributed by atoms with Crippen LogP contribution in [-0.2, 0) is 0 Å². The van der Waals surface area contributed by atoms with Gasteiger partial charge in [0.25, 0.3) is 0 Å². The first-order valence-electron chi connectivity index (χ1n) is 7.10. The molecule has 0 aromatic heterocycles. The van der Waals surface area contributed by atoms with Crippen LogP contribution in [0, 0.1) is 5.92 Å². The van der Waals surface area contributed by atoms with Crippen LogP contribution in [0.1, 0.15) is 47.0 Å². The molecule has 0 spiro atoms. The SMILES string of the molecule is CC(CNCC(C)(O)C(C)C)N1CCCCC1. The van der Waals surface area contributed by atoms with Crippen LogP contribution in [0.15, 0.2) is 0 Å². The zero-order chi connectivity index (χ0) is 12.9. The molecule has 0 aromatic carbocycles. The molecule has 2 atom stereocenters. The molecule has 1 saturated heterocycles. The van der Waals surface area contributed by atoms with E-state index in [1.54, 1.807) is 0 Å². The van der Waals surface area contributed by atoms with Crippen molar-refractivity contribution in [3.8, 4) is 0 Å². The number of nitrogens with zero attached hydrogens (tertiary/aromatic N) is 1. The average Bonchev–Trinajstić information content (AvgIpc) is 2.29. The van der Waals surface area contributed by atoms with E-state index in [0.29, 0.717) is 18.5 Å². The van der Waals surface area contributed by atoms with Crippen LogP contribution in [0.25, 0.3) is 0 Å². The quantitative estimate of drug-likeness (QED) is 0.746. The Balaban J connectivity index is 2.21. The molecule has 1 rings (SSSR count). The van der Waals surface area contributed by atoms with Gasteiger partial charge >= 0.3 is 0 Å².